The van der Waals surface area contributed by atoms with E-state index >= 15 is 0 Å². The molecule has 410 valence electrons. The maximum atomic E-state index is 14.9. The first-order valence-corrected chi connectivity index (χ1v) is 25.0. The van der Waals surface area contributed by atoms with Crippen molar-refractivity contribution in [1.82, 2.24) is 21.3 Å². The summed E-state index contributed by atoms with van der Waals surface area (Å²) in [4.78, 5) is 67.3. The Bertz CT molecular complexity index is 3150. The van der Waals surface area contributed by atoms with Gasteiger partial charge in [0.1, 0.15) is 44.3 Å². The number of likely N-dealkylation sites (N-methyl/N-ethyl adjacent to an activating group) is 1. The maximum absolute atomic E-state index is 14.9. The van der Waals surface area contributed by atoms with Crippen LogP contribution in [0.1, 0.15) is 46.2 Å². The van der Waals surface area contributed by atoms with Gasteiger partial charge in [0.2, 0.25) is 40.7 Å². The molecular formula is C60H55F5N4O10. The molecule has 0 aliphatic heterocycles. The number of esters is 2. The van der Waals surface area contributed by atoms with Gasteiger partial charge in [-0.3, -0.25) is 4.79 Å². The molecule has 7 rings (SSSR count). The van der Waals surface area contributed by atoms with E-state index in [1.807, 2.05) is 36.4 Å². The number of hydrogen-bond acceptors (Lipinski definition) is 11. The molecular weight excluding hydrogens is 1030 g/mol. The van der Waals surface area contributed by atoms with Gasteiger partial charge in [-0.05, 0) is 76.5 Å². The average Bonchev–Trinajstić information content (AvgIpc) is 3.48. The van der Waals surface area contributed by atoms with Gasteiger partial charge in [0.05, 0.1) is 6.04 Å². The van der Waals surface area contributed by atoms with E-state index < -0.39 is 89.4 Å². The second-order valence-electron chi connectivity index (χ2n) is 17.9. The molecule has 0 saturated heterocycles. The first-order valence-electron chi connectivity index (χ1n) is 25.0. The second kappa shape index (κ2) is 28.9. The predicted octanol–water partition coefficient (Wildman–Crippen LogP) is 10.1. The molecule has 0 aliphatic rings. The lowest BCUT2D eigenvalue weighted by Gasteiger charge is -2.22. The van der Waals surface area contributed by atoms with Gasteiger partial charge in [-0.1, -0.05) is 152 Å². The minimum atomic E-state index is -2.47. The Labute approximate surface area is 452 Å². The Morgan fingerprint density at radius 3 is 1.53 bits per heavy atom. The summed E-state index contributed by atoms with van der Waals surface area (Å²) in [5.74, 6) is -16.6. The van der Waals surface area contributed by atoms with E-state index in [1.54, 1.807) is 134 Å². The van der Waals surface area contributed by atoms with E-state index in [1.165, 1.54) is 0 Å². The summed E-state index contributed by atoms with van der Waals surface area (Å²) in [5.41, 5.74) is 4.65. The molecule has 0 radical (unpaired) electrons. The van der Waals surface area contributed by atoms with Crippen molar-refractivity contribution in [1.29, 1.82) is 0 Å². The topological polar surface area (TPSA) is 180 Å². The number of carbonyl (C=O) groups is 5. The highest BCUT2D eigenvalue weighted by atomic mass is 19.2. The minimum absolute atomic E-state index is 0.0114. The smallest absolute Gasteiger partial charge is 0.408 e. The number of hydrogen-bond donors (Lipinski definition) is 4. The van der Waals surface area contributed by atoms with Crippen molar-refractivity contribution in [2.45, 2.75) is 70.2 Å². The van der Waals surface area contributed by atoms with Gasteiger partial charge < -0.3 is 45.0 Å². The number of ether oxygens (including phenoxy) is 5. The van der Waals surface area contributed by atoms with E-state index in [0.29, 0.717) is 34.2 Å². The number of carbonyl (C=O) groups excluding carboxylic acids is 5. The molecule has 14 nitrogen and oxygen atoms in total. The van der Waals surface area contributed by atoms with Crippen LogP contribution in [0.4, 0.5) is 31.5 Å². The van der Waals surface area contributed by atoms with Crippen LogP contribution < -0.4 is 30.7 Å². The summed E-state index contributed by atoms with van der Waals surface area (Å²) in [6, 6.07) is 43.5. The lowest BCUT2D eigenvalue weighted by atomic mass is 9.95. The third-order valence-electron chi connectivity index (χ3n) is 12.2. The molecule has 7 aromatic rings. The SMILES string of the molecule is CN[C@@H](CCCNC(=O)OCc1ccccc1)C(=O)N[C@@H](Cc1cccc(-c2ccc(OCc3ccccc3)c(C[C@H](NC(=O)OCc3ccccc3)C(=O)Oc3c(F)c(F)c(F)c(F)c3F)c2)c1)C(=O)OCc1ccccc1. The van der Waals surface area contributed by atoms with Gasteiger partial charge >= 0.3 is 24.1 Å². The van der Waals surface area contributed by atoms with Crippen molar-refractivity contribution < 1.29 is 69.6 Å². The standard InChI is InChI=1S/C60H55F5N4O10/c1-66-46(26-15-29-67-59(73)77-36-40-20-10-4-11-21-40)56(70)68-47(57(71)76-35-39-18-8-3-9-19-39)31-42-24-14-25-43(30-42)44-27-28-49(75-34-38-16-6-2-7-17-38)45(32-44)33-48(69-60(74)78-37-41-22-12-5-13-23-41)58(72)79-55-53(64)51(62)50(61)52(63)54(55)65/h2-14,16-25,27-28,30,32,46-48,66H,15,26,29,31,33-37H2,1H3,(H,67,73)(H,68,70)(H,69,74)/t46-,47-,48-/m0/s1. The molecule has 79 heavy (non-hydrogen) atoms. The molecule has 0 aliphatic carbocycles. The summed E-state index contributed by atoms with van der Waals surface area (Å²) in [7, 11) is 1.59. The highest BCUT2D eigenvalue weighted by Crippen LogP contribution is 2.32. The number of nitrogens with one attached hydrogen (secondary N) is 4. The highest BCUT2D eigenvalue weighted by molar-refractivity contribution is 5.88. The van der Waals surface area contributed by atoms with Gasteiger partial charge in [0.25, 0.3) is 0 Å². The van der Waals surface area contributed by atoms with E-state index in [2.05, 4.69) is 21.3 Å². The largest absolute Gasteiger partial charge is 0.489 e. The zero-order valence-electron chi connectivity index (χ0n) is 42.7. The fourth-order valence-corrected chi connectivity index (χ4v) is 8.05. The summed E-state index contributed by atoms with van der Waals surface area (Å²) < 4.78 is 99.9. The van der Waals surface area contributed by atoms with Crippen LogP contribution in [0.2, 0.25) is 0 Å². The van der Waals surface area contributed by atoms with Gasteiger partial charge in [-0.15, -0.1) is 0 Å². The minimum Gasteiger partial charge on any atom is -0.489 e. The molecule has 4 N–H and O–H groups in total. The molecule has 0 bridgehead atoms. The van der Waals surface area contributed by atoms with Crippen LogP contribution in [0.3, 0.4) is 0 Å². The molecule has 0 heterocycles. The van der Waals surface area contributed by atoms with Crippen molar-refractivity contribution >= 4 is 30.0 Å². The third kappa shape index (κ3) is 16.9. The van der Waals surface area contributed by atoms with Crippen LogP contribution >= 0.6 is 0 Å². The summed E-state index contributed by atoms with van der Waals surface area (Å²) in [5, 5.41) is 10.8. The van der Waals surface area contributed by atoms with Crippen LogP contribution in [0.5, 0.6) is 11.5 Å². The Morgan fingerprint density at radius 1 is 0.468 bits per heavy atom. The molecule has 0 fully saturated rings. The Hall–Kier alpha value is -9.10. The molecule has 0 saturated carbocycles. The quantitative estimate of drug-likeness (QED) is 0.00814. The number of rotatable bonds is 25. The number of amides is 3. The van der Waals surface area contributed by atoms with Gasteiger partial charge in [-0.2, -0.15) is 8.78 Å². The summed E-state index contributed by atoms with van der Waals surface area (Å²) in [6.07, 6.45) is -1.76. The number of halogens is 5. The summed E-state index contributed by atoms with van der Waals surface area (Å²) >= 11 is 0. The van der Waals surface area contributed by atoms with Crippen molar-refractivity contribution in [3.63, 3.8) is 0 Å². The second-order valence-corrected chi connectivity index (χ2v) is 17.9. The highest BCUT2D eigenvalue weighted by Gasteiger charge is 2.33. The van der Waals surface area contributed by atoms with Crippen LogP contribution in [-0.4, -0.2) is 61.8 Å². The monoisotopic (exact) mass is 1090 g/mol. The number of alkyl carbamates (subject to hydrolysis) is 2. The molecule has 0 unspecified atom stereocenters. The molecule has 3 amide bonds. The van der Waals surface area contributed by atoms with E-state index in [0.717, 1.165) is 11.1 Å². The third-order valence-corrected chi connectivity index (χ3v) is 12.2. The van der Waals surface area contributed by atoms with Crippen LogP contribution in [0, 0.1) is 29.1 Å². The summed E-state index contributed by atoms with van der Waals surface area (Å²) in [6.45, 7) is -0.0471. The zero-order chi connectivity index (χ0) is 56.1. The predicted molar refractivity (Wildman–Crippen MR) is 280 cm³/mol. The van der Waals surface area contributed by atoms with Crippen molar-refractivity contribution in [2.75, 3.05) is 13.6 Å². The molecule has 3 atom stereocenters. The first kappa shape index (κ1) is 57.6. The van der Waals surface area contributed by atoms with Crippen LogP contribution in [0.15, 0.2) is 164 Å². The van der Waals surface area contributed by atoms with E-state index in [4.69, 9.17) is 23.7 Å². The Balaban J connectivity index is 1.13. The Kier molecular flexibility index (Phi) is 21.0. The zero-order valence-corrected chi connectivity index (χ0v) is 42.7. The fraction of sp³-hybridized carbons (Fsp3) is 0.217. The maximum Gasteiger partial charge on any atom is 0.408 e. The normalized spacial score (nSPS) is 12.0. The van der Waals surface area contributed by atoms with Crippen LogP contribution in [-0.2, 0) is 67.9 Å². The lowest BCUT2D eigenvalue weighted by molar-refractivity contribution is -0.149. The average molecular weight is 1090 g/mol. The molecule has 19 heteroatoms. The molecule has 0 spiro atoms. The lowest BCUT2D eigenvalue weighted by Crippen LogP contribution is -2.50. The van der Waals surface area contributed by atoms with Crippen molar-refractivity contribution in [2.24, 2.45) is 0 Å². The van der Waals surface area contributed by atoms with Gasteiger partial charge in [0, 0.05) is 19.4 Å². The van der Waals surface area contributed by atoms with Crippen molar-refractivity contribution in [3.05, 3.63) is 226 Å². The van der Waals surface area contributed by atoms with Crippen LogP contribution in [0.25, 0.3) is 11.1 Å². The van der Waals surface area contributed by atoms with Crippen molar-refractivity contribution in [3.8, 4) is 22.6 Å². The van der Waals surface area contributed by atoms with E-state index in [-0.39, 0.29) is 57.1 Å². The number of benzene rings is 7. The molecule has 7 aromatic carbocycles. The fourth-order valence-electron chi connectivity index (χ4n) is 8.05. The first-order chi connectivity index (χ1) is 38.3. The van der Waals surface area contributed by atoms with Gasteiger partial charge in [0.15, 0.2) is 0 Å². The molecule has 0 aromatic heterocycles. The Morgan fingerprint density at radius 2 is 0.962 bits per heavy atom. The van der Waals surface area contributed by atoms with Gasteiger partial charge in [-0.25, -0.2) is 32.3 Å². The van der Waals surface area contributed by atoms with E-state index in [9.17, 15) is 45.9 Å².